The maximum atomic E-state index is 11.0. The average molecular weight is 464 g/mol. The molecule has 174 valence electrons. The van der Waals surface area contributed by atoms with Gasteiger partial charge in [-0.25, -0.2) is 9.97 Å². The van der Waals surface area contributed by atoms with Gasteiger partial charge in [-0.2, -0.15) is 0 Å². The van der Waals surface area contributed by atoms with Crippen LogP contribution in [0.2, 0.25) is 5.02 Å². The van der Waals surface area contributed by atoms with Crippen LogP contribution >= 0.6 is 11.6 Å². The fraction of sp³-hybridized carbons (Fsp3) is 0.522. The molecule has 1 heterocycles. The van der Waals surface area contributed by atoms with Gasteiger partial charge < -0.3 is 24.3 Å². The van der Waals surface area contributed by atoms with E-state index in [0.29, 0.717) is 38.2 Å². The Morgan fingerprint density at radius 3 is 2.50 bits per heavy atom. The highest BCUT2D eigenvalue weighted by Gasteiger charge is 2.31. The second kappa shape index (κ2) is 11.9. The van der Waals surface area contributed by atoms with Crippen molar-refractivity contribution in [3.05, 3.63) is 41.2 Å². The first-order valence-corrected chi connectivity index (χ1v) is 11.2. The standard InChI is InChI=1S/C23H30ClN3O5/c1-4-29-19-7-5-17(6-8-19)12-31-22-21(24)23(26-14-25-22)32-13-18-9-20(10-18)30-11-15(2)27-16(3)28/h5-8,14-15,18,20H,4,9-13H2,1-3H3,(H,27,28)/t15-,18?,20?/m0/s1. The molecule has 32 heavy (non-hydrogen) atoms. The highest BCUT2D eigenvalue weighted by atomic mass is 35.5. The number of carbonyl (C=O) groups excluding carboxylic acids is 1. The van der Waals surface area contributed by atoms with Gasteiger partial charge in [-0.1, -0.05) is 23.7 Å². The first kappa shape index (κ1) is 24.1. The minimum absolute atomic E-state index is 0.00339. The number of rotatable bonds is 12. The zero-order chi connectivity index (χ0) is 22.9. The number of halogens is 1. The summed E-state index contributed by atoms with van der Waals surface area (Å²) < 4.78 is 22.8. The second-order valence-corrected chi connectivity index (χ2v) is 8.25. The van der Waals surface area contributed by atoms with Crippen molar-refractivity contribution in [3.8, 4) is 17.5 Å². The zero-order valence-corrected chi connectivity index (χ0v) is 19.4. The number of hydrogen-bond acceptors (Lipinski definition) is 7. The molecule has 0 radical (unpaired) electrons. The first-order chi connectivity index (χ1) is 15.4. The van der Waals surface area contributed by atoms with E-state index in [4.69, 9.17) is 30.5 Å². The summed E-state index contributed by atoms with van der Waals surface area (Å²) in [6, 6.07) is 7.67. The van der Waals surface area contributed by atoms with Gasteiger partial charge >= 0.3 is 0 Å². The highest BCUT2D eigenvalue weighted by Crippen LogP contribution is 2.34. The Hall–Kier alpha value is -2.58. The highest BCUT2D eigenvalue weighted by molar-refractivity contribution is 6.33. The third-order valence-corrected chi connectivity index (χ3v) is 5.34. The number of carbonyl (C=O) groups is 1. The predicted molar refractivity (Wildman–Crippen MR) is 120 cm³/mol. The average Bonchev–Trinajstić information content (AvgIpc) is 2.73. The molecule has 1 fully saturated rings. The van der Waals surface area contributed by atoms with E-state index in [-0.39, 0.29) is 29.0 Å². The normalized spacial score (nSPS) is 18.4. The van der Waals surface area contributed by atoms with E-state index >= 15 is 0 Å². The Labute approximate surface area is 193 Å². The molecular weight excluding hydrogens is 434 g/mol. The third kappa shape index (κ3) is 7.24. The van der Waals surface area contributed by atoms with Gasteiger partial charge in [0.2, 0.25) is 17.7 Å². The van der Waals surface area contributed by atoms with E-state index in [1.165, 1.54) is 13.3 Å². The summed E-state index contributed by atoms with van der Waals surface area (Å²) in [4.78, 5) is 19.3. The Morgan fingerprint density at radius 2 is 1.84 bits per heavy atom. The molecule has 1 amide bonds. The molecule has 1 saturated carbocycles. The van der Waals surface area contributed by atoms with Gasteiger partial charge in [-0.05, 0) is 50.3 Å². The van der Waals surface area contributed by atoms with Gasteiger partial charge in [-0.3, -0.25) is 4.79 Å². The van der Waals surface area contributed by atoms with Crippen LogP contribution < -0.4 is 19.5 Å². The van der Waals surface area contributed by atoms with Gasteiger partial charge in [0.05, 0.1) is 25.9 Å². The van der Waals surface area contributed by atoms with Crippen molar-refractivity contribution in [1.29, 1.82) is 0 Å². The summed E-state index contributed by atoms with van der Waals surface area (Å²) in [5.74, 6) is 1.73. The van der Waals surface area contributed by atoms with Crippen LogP contribution in [0.1, 0.15) is 39.2 Å². The quantitative estimate of drug-likeness (QED) is 0.511. The van der Waals surface area contributed by atoms with Crippen LogP contribution in [0.4, 0.5) is 0 Å². The molecule has 0 saturated heterocycles. The van der Waals surface area contributed by atoms with Crippen molar-refractivity contribution in [2.45, 2.75) is 52.4 Å². The molecule has 0 bridgehead atoms. The lowest BCUT2D eigenvalue weighted by atomic mass is 9.83. The smallest absolute Gasteiger partial charge is 0.240 e. The largest absolute Gasteiger partial charge is 0.494 e. The van der Waals surface area contributed by atoms with Crippen molar-refractivity contribution >= 4 is 17.5 Å². The number of aromatic nitrogens is 2. The SMILES string of the molecule is CCOc1ccc(COc2ncnc(OCC3CC(OC[C@H](C)NC(C)=O)C3)c2Cl)cc1. The molecule has 1 N–H and O–H groups in total. The number of nitrogens with zero attached hydrogens (tertiary/aromatic N) is 2. The van der Waals surface area contributed by atoms with Crippen LogP contribution in [0, 0.1) is 5.92 Å². The molecule has 1 aliphatic carbocycles. The van der Waals surface area contributed by atoms with Crippen LogP contribution in [0.15, 0.2) is 30.6 Å². The second-order valence-electron chi connectivity index (χ2n) is 7.87. The monoisotopic (exact) mass is 463 g/mol. The van der Waals surface area contributed by atoms with Crippen molar-refractivity contribution in [1.82, 2.24) is 15.3 Å². The molecule has 1 aromatic carbocycles. The molecule has 0 aliphatic heterocycles. The fourth-order valence-corrected chi connectivity index (χ4v) is 3.56. The lowest BCUT2D eigenvalue weighted by Crippen LogP contribution is -2.40. The van der Waals surface area contributed by atoms with E-state index in [1.807, 2.05) is 38.1 Å². The van der Waals surface area contributed by atoms with E-state index in [2.05, 4.69) is 15.3 Å². The zero-order valence-electron chi connectivity index (χ0n) is 18.7. The summed E-state index contributed by atoms with van der Waals surface area (Å²) in [6.07, 6.45) is 3.37. The molecule has 1 aromatic heterocycles. The molecule has 0 unspecified atom stereocenters. The van der Waals surface area contributed by atoms with Crippen LogP contribution in [-0.4, -0.2) is 47.8 Å². The van der Waals surface area contributed by atoms with Crippen LogP contribution in [-0.2, 0) is 16.1 Å². The number of amides is 1. The van der Waals surface area contributed by atoms with E-state index in [1.54, 1.807) is 0 Å². The minimum atomic E-state index is -0.0504. The summed E-state index contributed by atoms with van der Waals surface area (Å²) in [5.41, 5.74) is 0.971. The topological polar surface area (TPSA) is 91.8 Å². The Balaban J connectivity index is 1.40. The predicted octanol–water partition coefficient (Wildman–Crippen LogP) is 3.81. The molecule has 9 heteroatoms. The van der Waals surface area contributed by atoms with Crippen molar-refractivity contribution in [2.75, 3.05) is 19.8 Å². The molecular formula is C23H30ClN3O5. The maximum absolute atomic E-state index is 11.0. The molecule has 1 atom stereocenters. The minimum Gasteiger partial charge on any atom is -0.494 e. The van der Waals surface area contributed by atoms with Crippen LogP contribution in [0.25, 0.3) is 0 Å². The molecule has 0 spiro atoms. The third-order valence-electron chi connectivity index (χ3n) is 5.02. The van der Waals surface area contributed by atoms with Crippen molar-refractivity contribution in [2.24, 2.45) is 5.92 Å². The summed E-state index contributed by atoms with van der Waals surface area (Å²) >= 11 is 6.39. The van der Waals surface area contributed by atoms with E-state index in [0.717, 1.165) is 24.2 Å². The van der Waals surface area contributed by atoms with Crippen molar-refractivity contribution < 1.29 is 23.7 Å². The maximum Gasteiger partial charge on any atom is 0.240 e. The van der Waals surface area contributed by atoms with Crippen LogP contribution in [0.3, 0.4) is 0 Å². The van der Waals surface area contributed by atoms with Gasteiger partial charge in [0.15, 0.2) is 5.02 Å². The number of hydrogen-bond donors (Lipinski definition) is 1. The lowest BCUT2D eigenvalue weighted by Gasteiger charge is -2.35. The molecule has 3 rings (SSSR count). The lowest BCUT2D eigenvalue weighted by molar-refractivity contribution is -0.120. The summed E-state index contributed by atoms with van der Waals surface area (Å²) in [5, 5.41) is 3.07. The van der Waals surface area contributed by atoms with Crippen molar-refractivity contribution in [3.63, 3.8) is 0 Å². The van der Waals surface area contributed by atoms with E-state index < -0.39 is 0 Å². The number of ether oxygens (including phenoxy) is 4. The van der Waals surface area contributed by atoms with Gasteiger partial charge in [0, 0.05) is 13.0 Å². The summed E-state index contributed by atoms with van der Waals surface area (Å²) in [6.45, 7) is 7.32. The Bertz CT molecular complexity index is 874. The molecule has 8 nitrogen and oxygen atoms in total. The van der Waals surface area contributed by atoms with Gasteiger partial charge in [0.25, 0.3) is 0 Å². The Morgan fingerprint density at radius 1 is 1.16 bits per heavy atom. The van der Waals surface area contributed by atoms with Crippen LogP contribution in [0.5, 0.6) is 17.5 Å². The number of nitrogens with one attached hydrogen (secondary N) is 1. The summed E-state index contributed by atoms with van der Waals surface area (Å²) in [7, 11) is 0. The molecule has 2 aromatic rings. The first-order valence-electron chi connectivity index (χ1n) is 10.8. The van der Waals surface area contributed by atoms with Gasteiger partial charge in [-0.15, -0.1) is 0 Å². The Kier molecular flexibility index (Phi) is 8.93. The van der Waals surface area contributed by atoms with Gasteiger partial charge in [0.1, 0.15) is 18.7 Å². The number of benzene rings is 1. The fourth-order valence-electron chi connectivity index (χ4n) is 3.35. The van der Waals surface area contributed by atoms with E-state index in [9.17, 15) is 4.79 Å². The molecule has 1 aliphatic rings.